The number of nitrogens with zero attached hydrogens (tertiary/aromatic N) is 3. The van der Waals surface area contributed by atoms with Crippen molar-refractivity contribution in [2.75, 3.05) is 13.1 Å². The van der Waals surface area contributed by atoms with Gasteiger partial charge >= 0.3 is 12.0 Å². The van der Waals surface area contributed by atoms with Crippen LogP contribution in [0.4, 0.5) is 0 Å². The molecular weight excluding hydrogens is 306 g/mol. The third-order valence-electron chi connectivity index (χ3n) is 4.25. The van der Waals surface area contributed by atoms with Crippen LogP contribution in [-0.4, -0.2) is 45.1 Å². The van der Waals surface area contributed by atoms with Gasteiger partial charge in [0.25, 0.3) is 0 Å². The number of carboxylic acid groups (broad SMARTS) is 1. The highest BCUT2D eigenvalue weighted by Gasteiger charge is 2.31. The minimum Gasteiger partial charge on any atom is -0.480 e. The molecule has 0 amide bonds. The number of rotatable bonds is 5. The van der Waals surface area contributed by atoms with Crippen molar-refractivity contribution in [1.82, 2.24) is 14.9 Å². The molecule has 1 fully saturated rings. The van der Waals surface area contributed by atoms with Gasteiger partial charge in [-0.15, -0.1) is 0 Å². The number of carbonyl (C=O) groups is 1. The van der Waals surface area contributed by atoms with Crippen LogP contribution >= 0.6 is 0 Å². The molecular formula is C18H21N3O3. The van der Waals surface area contributed by atoms with Gasteiger partial charge in [0.15, 0.2) is 0 Å². The maximum absolute atomic E-state index is 11.8. The van der Waals surface area contributed by atoms with Crippen LogP contribution in [0.1, 0.15) is 30.0 Å². The summed E-state index contributed by atoms with van der Waals surface area (Å²) in [4.78, 5) is 21.9. The molecule has 6 nitrogen and oxygen atoms in total. The largest absolute Gasteiger partial charge is 0.480 e. The Bertz CT molecular complexity index is 685. The van der Waals surface area contributed by atoms with E-state index < -0.39 is 12.0 Å². The molecule has 1 atom stereocenters. The van der Waals surface area contributed by atoms with Crippen molar-refractivity contribution in [3.8, 4) is 6.01 Å². The third-order valence-corrected chi connectivity index (χ3v) is 4.25. The van der Waals surface area contributed by atoms with Gasteiger partial charge in [-0.1, -0.05) is 29.8 Å². The minimum atomic E-state index is -0.814. The molecule has 24 heavy (non-hydrogen) atoms. The van der Waals surface area contributed by atoms with E-state index in [0.29, 0.717) is 19.1 Å². The summed E-state index contributed by atoms with van der Waals surface area (Å²) in [5.74, 6) is -0.814. The standard InChI is InChI=1S/C18H21N3O3/c1-13-4-2-5-14(12-13)16(17(22)23)21-10-6-15(7-11-21)24-18-19-8-3-9-20-18/h2-5,8-9,12,15-16H,6-7,10-11H2,1H3,(H,22,23). The van der Waals surface area contributed by atoms with Crippen molar-refractivity contribution in [3.05, 3.63) is 53.9 Å². The lowest BCUT2D eigenvalue weighted by Crippen LogP contribution is -2.43. The van der Waals surface area contributed by atoms with Crippen LogP contribution in [0.15, 0.2) is 42.7 Å². The lowest BCUT2D eigenvalue weighted by molar-refractivity contribution is -0.144. The molecule has 1 aromatic heterocycles. The average Bonchev–Trinajstić information content (AvgIpc) is 2.57. The quantitative estimate of drug-likeness (QED) is 0.909. The first kappa shape index (κ1) is 16.4. The van der Waals surface area contributed by atoms with Crippen molar-refractivity contribution >= 4 is 5.97 Å². The number of hydrogen-bond acceptors (Lipinski definition) is 5. The van der Waals surface area contributed by atoms with Crippen molar-refractivity contribution in [1.29, 1.82) is 0 Å². The first-order valence-corrected chi connectivity index (χ1v) is 8.10. The number of aliphatic carboxylic acids is 1. The Morgan fingerprint density at radius 3 is 2.58 bits per heavy atom. The van der Waals surface area contributed by atoms with Gasteiger partial charge in [-0.05, 0) is 31.4 Å². The van der Waals surface area contributed by atoms with E-state index in [0.717, 1.165) is 24.0 Å². The summed E-state index contributed by atoms with van der Waals surface area (Å²) >= 11 is 0. The Balaban J connectivity index is 1.64. The van der Waals surface area contributed by atoms with Crippen LogP contribution in [0.5, 0.6) is 6.01 Å². The third kappa shape index (κ3) is 3.89. The van der Waals surface area contributed by atoms with Crippen LogP contribution in [0.25, 0.3) is 0 Å². The van der Waals surface area contributed by atoms with Gasteiger partial charge in [0.2, 0.25) is 0 Å². The minimum absolute atomic E-state index is 0.0237. The SMILES string of the molecule is Cc1cccc(C(C(=O)O)N2CCC(Oc3ncccn3)CC2)c1. The number of ether oxygens (including phenoxy) is 1. The van der Waals surface area contributed by atoms with Gasteiger partial charge in [0.05, 0.1) is 0 Å². The summed E-state index contributed by atoms with van der Waals surface area (Å²) in [5, 5.41) is 9.68. The van der Waals surface area contributed by atoms with Gasteiger partial charge in [-0.25, -0.2) is 9.97 Å². The van der Waals surface area contributed by atoms with Gasteiger partial charge in [0, 0.05) is 25.5 Å². The Morgan fingerprint density at radius 2 is 1.96 bits per heavy atom. The fraction of sp³-hybridized carbons (Fsp3) is 0.389. The zero-order valence-corrected chi connectivity index (χ0v) is 13.6. The highest BCUT2D eigenvalue weighted by atomic mass is 16.5. The van der Waals surface area contributed by atoms with Crippen LogP contribution < -0.4 is 4.74 Å². The van der Waals surface area contributed by atoms with Gasteiger partial charge < -0.3 is 9.84 Å². The lowest BCUT2D eigenvalue weighted by Gasteiger charge is -2.35. The Kier molecular flexibility index (Phi) is 5.05. The molecule has 2 aromatic rings. The van der Waals surface area contributed by atoms with Crippen molar-refractivity contribution in [2.45, 2.75) is 31.9 Å². The number of carboxylic acids is 1. The first-order chi connectivity index (χ1) is 11.6. The van der Waals surface area contributed by atoms with E-state index in [-0.39, 0.29) is 6.10 Å². The Hall–Kier alpha value is -2.47. The van der Waals surface area contributed by atoms with E-state index in [1.54, 1.807) is 18.5 Å². The van der Waals surface area contributed by atoms with E-state index in [1.165, 1.54) is 0 Å². The zero-order valence-electron chi connectivity index (χ0n) is 13.6. The molecule has 0 bridgehead atoms. The highest BCUT2D eigenvalue weighted by molar-refractivity contribution is 5.75. The van der Waals surface area contributed by atoms with Crippen LogP contribution in [0, 0.1) is 6.92 Å². The summed E-state index contributed by atoms with van der Waals surface area (Å²) in [7, 11) is 0. The second-order valence-corrected chi connectivity index (χ2v) is 6.04. The summed E-state index contributed by atoms with van der Waals surface area (Å²) in [6, 6.07) is 9.22. The summed E-state index contributed by atoms with van der Waals surface area (Å²) in [6.45, 7) is 3.31. The number of hydrogen-bond donors (Lipinski definition) is 1. The monoisotopic (exact) mass is 327 g/mol. The smallest absolute Gasteiger partial charge is 0.325 e. The zero-order chi connectivity index (χ0) is 16.9. The second kappa shape index (κ2) is 7.40. The normalized spacial score (nSPS) is 17.4. The average molecular weight is 327 g/mol. The Morgan fingerprint density at radius 1 is 1.25 bits per heavy atom. The fourth-order valence-electron chi connectivity index (χ4n) is 3.10. The van der Waals surface area contributed by atoms with Gasteiger partial charge in [-0.2, -0.15) is 0 Å². The fourth-order valence-corrected chi connectivity index (χ4v) is 3.10. The molecule has 1 aliphatic heterocycles. The molecule has 0 spiro atoms. The molecule has 1 unspecified atom stereocenters. The van der Waals surface area contributed by atoms with Gasteiger partial charge in [-0.3, -0.25) is 9.69 Å². The van der Waals surface area contributed by atoms with Crippen molar-refractivity contribution < 1.29 is 14.6 Å². The predicted molar refractivity (Wildman–Crippen MR) is 88.8 cm³/mol. The molecule has 1 saturated heterocycles. The predicted octanol–water partition coefficient (Wildman–Crippen LogP) is 2.45. The number of aromatic nitrogens is 2. The molecule has 1 aliphatic rings. The van der Waals surface area contributed by atoms with E-state index in [9.17, 15) is 9.90 Å². The molecule has 6 heteroatoms. The van der Waals surface area contributed by atoms with Crippen LogP contribution in [-0.2, 0) is 4.79 Å². The van der Waals surface area contributed by atoms with E-state index in [2.05, 4.69) is 9.97 Å². The lowest BCUT2D eigenvalue weighted by atomic mass is 9.99. The number of likely N-dealkylation sites (tertiary alicyclic amines) is 1. The highest BCUT2D eigenvalue weighted by Crippen LogP contribution is 2.26. The van der Waals surface area contributed by atoms with E-state index in [4.69, 9.17) is 4.74 Å². The molecule has 0 radical (unpaired) electrons. The molecule has 0 saturated carbocycles. The molecule has 3 rings (SSSR count). The van der Waals surface area contributed by atoms with Crippen molar-refractivity contribution in [2.24, 2.45) is 0 Å². The van der Waals surface area contributed by atoms with Gasteiger partial charge in [0.1, 0.15) is 12.1 Å². The number of aryl methyl sites for hydroxylation is 1. The maximum atomic E-state index is 11.8. The first-order valence-electron chi connectivity index (χ1n) is 8.10. The number of piperidine rings is 1. The van der Waals surface area contributed by atoms with E-state index in [1.807, 2.05) is 36.1 Å². The van der Waals surface area contributed by atoms with Crippen LogP contribution in [0.3, 0.4) is 0 Å². The van der Waals surface area contributed by atoms with Crippen molar-refractivity contribution in [3.63, 3.8) is 0 Å². The molecule has 2 heterocycles. The Labute approximate surface area is 141 Å². The number of benzene rings is 1. The molecule has 0 aliphatic carbocycles. The molecule has 1 aromatic carbocycles. The summed E-state index contributed by atoms with van der Waals surface area (Å²) < 4.78 is 5.77. The summed E-state index contributed by atoms with van der Waals surface area (Å²) in [6.07, 6.45) is 4.84. The maximum Gasteiger partial charge on any atom is 0.325 e. The van der Waals surface area contributed by atoms with E-state index >= 15 is 0 Å². The second-order valence-electron chi connectivity index (χ2n) is 6.04. The molecule has 126 valence electrons. The topological polar surface area (TPSA) is 75.5 Å². The summed E-state index contributed by atoms with van der Waals surface area (Å²) in [5.41, 5.74) is 1.89. The van der Waals surface area contributed by atoms with Crippen LogP contribution in [0.2, 0.25) is 0 Å². The molecule has 1 N–H and O–H groups in total.